The fraction of sp³-hybridized carbons (Fsp3) is 0.286. The molecule has 1 unspecified atom stereocenters. The van der Waals surface area contributed by atoms with E-state index in [-0.39, 0.29) is 30.7 Å². The normalized spacial score (nSPS) is 14.6. The Balaban J connectivity index is 1.49. The summed E-state index contributed by atoms with van der Waals surface area (Å²) in [6.45, 7) is 2.50. The highest BCUT2D eigenvalue weighted by Crippen LogP contribution is 2.18. The number of benzene rings is 2. The van der Waals surface area contributed by atoms with E-state index in [2.05, 4.69) is 26.3 Å². The Labute approximate surface area is 167 Å². The van der Waals surface area contributed by atoms with Gasteiger partial charge in [-0.15, -0.1) is 0 Å². The molecule has 140 valence electrons. The summed E-state index contributed by atoms with van der Waals surface area (Å²) in [6.07, 6.45) is 1.05. The van der Waals surface area contributed by atoms with Crippen molar-refractivity contribution in [3.05, 3.63) is 70.2 Å². The van der Waals surface area contributed by atoms with E-state index in [0.29, 0.717) is 6.54 Å². The number of nitrogens with zero attached hydrogens (tertiary/aromatic N) is 2. The quantitative estimate of drug-likeness (QED) is 0.755. The number of rotatable bonds is 6. The smallest absolute Gasteiger partial charge is 0.243 e. The number of halogens is 1. The molecule has 0 saturated heterocycles. The first kappa shape index (κ1) is 19.3. The highest BCUT2D eigenvalue weighted by molar-refractivity contribution is 9.10. The topological polar surface area (TPSA) is 61.8 Å². The van der Waals surface area contributed by atoms with Crippen LogP contribution in [0.1, 0.15) is 43.4 Å². The second-order valence-corrected chi connectivity index (χ2v) is 7.44. The molecule has 0 radical (unpaired) electrons. The van der Waals surface area contributed by atoms with E-state index in [1.807, 2.05) is 61.5 Å². The Morgan fingerprint density at radius 1 is 1.15 bits per heavy atom. The molecule has 0 spiro atoms. The first-order valence-corrected chi connectivity index (χ1v) is 9.80. The summed E-state index contributed by atoms with van der Waals surface area (Å²) < 4.78 is 0.970. The van der Waals surface area contributed by atoms with Gasteiger partial charge < -0.3 is 5.32 Å². The number of hydrogen-bond acceptors (Lipinski definition) is 3. The van der Waals surface area contributed by atoms with Crippen molar-refractivity contribution < 1.29 is 9.59 Å². The van der Waals surface area contributed by atoms with E-state index in [4.69, 9.17) is 0 Å². The lowest BCUT2D eigenvalue weighted by Gasteiger charge is -2.15. The van der Waals surface area contributed by atoms with Crippen LogP contribution in [0.2, 0.25) is 0 Å². The molecule has 3 rings (SSSR count). The largest absolute Gasteiger partial charge is 0.350 e. The molecule has 1 aliphatic heterocycles. The van der Waals surface area contributed by atoms with Crippen molar-refractivity contribution in [1.29, 1.82) is 0 Å². The van der Waals surface area contributed by atoms with Gasteiger partial charge in [0.2, 0.25) is 11.8 Å². The van der Waals surface area contributed by atoms with Crippen molar-refractivity contribution in [2.24, 2.45) is 5.10 Å². The van der Waals surface area contributed by atoms with E-state index in [0.717, 1.165) is 27.7 Å². The van der Waals surface area contributed by atoms with Gasteiger partial charge in [0.25, 0.3) is 0 Å². The Morgan fingerprint density at radius 3 is 2.67 bits per heavy atom. The van der Waals surface area contributed by atoms with Crippen LogP contribution < -0.4 is 5.32 Å². The molecule has 0 aliphatic carbocycles. The van der Waals surface area contributed by atoms with Crippen molar-refractivity contribution in [3.8, 4) is 0 Å². The standard InChI is InChI=1S/C21H22BrN3O2/c1-15(17-8-5-9-18(22)14-17)23-20(26)10-11-21(27)25-13-12-19(24-25)16-6-3-2-4-7-16/h2-9,14-15H,10-13H2,1H3,(H,23,26). The minimum Gasteiger partial charge on any atom is -0.350 e. The van der Waals surface area contributed by atoms with Crippen LogP contribution in [0.5, 0.6) is 0 Å². The van der Waals surface area contributed by atoms with E-state index < -0.39 is 0 Å². The molecule has 1 heterocycles. The molecule has 2 aromatic rings. The van der Waals surface area contributed by atoms with E-state index in [1.165, 1.54) is 5.01 Å². The third kappa shape index (κ3) is 5.26. The van der Waals surface area contributed by atoms with Crippen LogP contribution in [-0.4, -0.2) is 29.1 Å². The van der Waals surface area contributed by atoms with Gasteiger partial charge in [-0.05, 0) is 30.2 Å². The zero-order valence-corrected chi connectivity index (χ0v) is 16.8. The highest BCUT2D eigenvalue weighted by Gasteiger charge is 2.22. The summed E-state index contributed by atoms with van der Waals surface area (Å²) in [4.78, 5) is 24.5. The van der Waals surface area contributed by atoms with Crippen molar-refractivity contribution in [2.45, 2.75) is 32.2 Å². The maximum atomic E-state index is 12.4. The maximum absolute atomic E-state index is 12.4. The van der Waals surface area contributed by atoms with Crippen LogP contribution in [-0.2, 0) is 9.59 Å². The van der Waals surface area contributed by atoms with Gasteiger partial charge in [0.05, 0.1) is 18.3 Å². The van der Waals surface area contributed by atoms with Crippen molar-refractivity contribution >= 4 is 33.5 Å². The molecule has 0 fully saturated rings. The molecule has 0 saturated carbocycles. The lowest BCUT2D eigenvalue weighted by Crippen LogP contribution is -2.29. The number of nitrogens with one attached hydrogen (secondary N) is 1. The summed E-state index contributed by atoms with van der Waals surface area (Å²) in [5.74, 6) is -0.256. The van der Waals surface area contributed by atoms with Crippen LogP contribution in [0, 0.1) is 0 Å². The minimum atomic E-state index is -0.137. The zero-order valence-electron chi connectivity index (χ0n) is 15.2. The predicted octanol–water partition coefficient (Wildman–Crippen LogP) is 4.04. The van der Waals surface area contributed by atoms with Crippen molar-refractivity contribution in [3.63, 3.8) is 0 Å². The molecule has 5 nitrogen and oxygen atoms in total. The van der Waals surface area contributed by atoms with Crippen LogP contribution >= 0.6 is 15.9 Å². The molecule has 1 aliphatic rings. The van der Waals surface area contributed by atoms with Crippen LogP contribution in [0.4, 0.5) is 0 Å². The maximum Gasteiger partial charge on any atom is 0.243 e. The highest BCUT2D eigenvalue weighted by atomic mass is 79.9. The lowest BCUT2D eigenvalue weighted by molar-refractivity contribution is -0.133. The van der Waals surface area contributed by atoms with E-state index >= 15 is 0 Å². The summed E-state index contributed by atoms with van der Waals surface area (Å²) in [6, 6.07) is 17.5. The predicted molar refractivity (Wildman–Crippen MR) is 109 cm³/mol. The van der Waals surface area contributed by atoms with Crippen molar-refractivity contribution in [1.82, 2.24) is 10.3 Å². The van der Waals surface area contributed by atoms with Crippen LogP contribution in [0.25, 0.3) is 0 Å². The first-order chi connectivity index (χ1) is 13.0. The fourth-order valence-electron chi connectivity index (χ4n) is 2.99. The van der Waals surface area contributed by atoms with Crippen LogP contribution in [0.3, 0.4) is 0 Å². The van der Waals surface area contributed by atoms with Gasteiger partial charge in [-0.1, -0.05) is 58.4 Å². The monoisotopic (exact) mass is 427 g/mol. The van der Waals surface area contributed by atoms with E-state index in [9.17, 15) is 9.59 Å². The molecule has 6 heteroatoms. The third-order valence-corrected chi connectivity index (χ3v) is 4.98. The van der Waals surface area contributed by atoms with E-state index in [1.54, 1.807) is 0 Å². The van der Waals surface area contributed by atoms with Gasteiger partial charge >= 0.3 is 0 Å². The number of hydrazone groups is 1. The molecule has 27 heavy (non-hydrogen) atoms. The van der Waals surface area contributed by atoms with Gasteiger partial charge in [-0.3, -0.25) is 9.59 Å². The van der Waals surface area contributed by atoms with Gasteiger partial charge in [0, 0.05) is 23.7 Å². The summed E-state index contributed by atoms with van der Waals surface area (Å²) in [7, 11) is 0. The Bertz CT molecular complexity index is 852. The molecule has 1 atom stereocenters. The number of carbonyl (C=O) groups excluding carboxylic acids is 2. The Morgan fingerprint density at radius 2 is 1.93 bits per heavy atom. The molecule has 2 amide bonds. The van der Waals surface area contributed by atoms with Crippen LogP contribution in [0.15, 0.2) is 64.2 Å². The van der Waals surface area contributed by atoms with Gasteiger partial charge in [-0.2, -0.15) is 5.10 Å². The number of amides is 2. The third-order valence-electron chi connectivity index (χ3n) is 4.49. The molecule has 0 aromatic heterocycles. The molecule has 1 N–H and O–H groups in total. The SMILES string of the molecule is CC(NC(=O)CCC(=O)N1CCC(c2ccccc2)=N1)c1cccc(Br)c1. The zero-order chi connectivity index (χ0) is 19.2. The molecule has 2 aromatic carbocycles. The van der Waals surface area contributed by atoms with Gasteiger partial charge in [0.15, 0.2) is 0 Å². The lowest BCUT2D eigenvalue weighted by atomic mass is 10.1. The second-order valence-electron chi connectivity index (χ2n) is 6.52. The summed E-state index contributed by atoms with van der Waals surface area (Å²) in [5, 5.41) is 8.84. The molecule has 0 bridgehead atoms. The Kier molecular flexibility index (Phi) is 6.40. The van der Waals surface area contributed by atoms with Crippen molar-refractivity contribution in [2.75, 3.05) is 6.54 Å². The summed E-state index contributed by atoms with van der Waals surface area (Å²) in [5.41, 5.74) is 2.96. The number of carbonyl (C=O) groups is 2. The minimum absolute atomic E-state index is 0.111. The second kappa shape index (κ2) is 8.95. The van der Waals surface area contributed by atoms with Gasteiger partial charge in [0.1, 0.15) is 0 Å². The number of hydrogen-bond donors (Lipinski definition) is 1. The first-order valence-electron chi connectivity index (χ1n) is 9.01. The molecular formula is C21H22BrN3O2. The molecular weight excluding hydrogens is 406 g/mol. The Hall–Kier alpha value is -2.47. The van der Waals surface area contributed by atoms with Gasteiger partial charge in [-0.25, -0.2) is 5.01 Å². The average molecular weight is 428 g/mol. The summed E-state index contributed by atoms with van der Waals surface area (Å²) >= 11 is 3.43. The average Bonchev–Trinajstić information content (AvgIpc) is 3.17. The fourth-order valence-corrected chi connectivity index (χ4v) is 3.41.